The van der Waals surface area contributed by atoms with Crippen molar-refractivity contribution in [3.05, 3.63) is 29.2 Å². The van der Waals surface area contributed by atoms with Crippen LogP contribution in [0, 0.1) is 44.8 Å². The average Bonchev–Trinajstić information content (AvgIpc) is 3.33. The molecule has 1 aromatic rings. The molecular formula is C32H43NO6. The van der Waals surface area contributed by atoms with E-state index in [-0.39, 0.29) is 45.8 Å². The van der Waals surface area contributed by atoms with Gasteiger partial charge < -0.3 is 14.4 Å². The summed E-state index contributed by atoms with van der Waals surface area (Å²) in [5.74, 6) is -1.05. The van der Waals surface area contributed by atoms with Crippen LogP contribution in [0.15, 0.2) is 22.4 Å². The molecule has 8 atom stereocenters. The number of hydrogen-bond donors (Lipinski definition) is 1. The van der Waals surface area contributed by atoms with E-state index >= 15 is 0 Å². The lowest BCUT2D eigenvalue weighted by atomic mass is 9.34. The van der Waals surface area contributed by atoms with Gasteiger partial charge in [-0.15, -0.1) is 0 Å². The molecule has 7 heteroatoms. The smallest absolute Gasteiger partial charge is 0.317 e. The second kappa shape index (κ2) is 7.85. The van der Waals surface area contributed by atoms with Gasteiger partial charge in [0.15, 0.2) is 11.5 Å². The first-order valence-corrected chi connectivity index (χ1v) is 14.6. The van der Waals surface area contributed by atoms with Crippen molar-refractivity contribution < 1.29 is 28.8 Å². The summed E-state index contributed by atoms with van der Waals surface area (Å²) >= 11 is 0. The van der Waals surface area contributed by atoms with E-state index in [0.717, 1.165) is 56.1 Å². The molecule has 39 heavy (non-hydrogen) atoms. The van der Waals surface area contributed by atoms with E-state index in [1.54, 1.807) is 13.1 Å². The van der Waals surface area contributed by atoms with Crippen LogP contribution in [0.3, 0.4) is 0 Å². The summed E-state index contributed by atoms with van der Waals surface area (Å²) in [4.78, 5) is 40.8. The zero-order chi connectivity index (χ0) is 28.4. The third-order valence-electron chi connectivity index (χ3n) is 13.1. The highest BCUT2D eigenvalue weighted by Crippen LogP contribution is 2.74. The number of aromatic nitrogens is 1. The Balaban J connectivity index is 1.52. The van der Waals surface area contributed by atoms with Crippen LogP contribution in [-0.4, -0.2) is 35.1 Å². The molecular weight excluding hydrogens is 494 g/mol. The fourth-order valence-electron chi connectivity index (χ4n) is 10.8. The Morgan fingerprint density at radius 1 is 1.05 bits per heavy atom. The van der Waals surface area contributed by atoms with Crippen LogP contribution in [0.4, 0.5) is 0 Å². The topological polar surface area (TPSA) is 107 Å². The molecule has 0 amide bonds. The van der Waals surface area contributed by atoms with Gasteiger partial charge in [-0.2, -0.15) is 0 Å². The first-order chi connectivity index (χ1) is 18.1. The van der Waals surface area contributed by atoms with Crippen molar-refractivity contribution in [3.8, 4) is 0 Å². The minimum Gasteiger partial charge on any atom is -0.480 e. The van der Waals surface area contributed by atoms with Gasteiger partial charge in [0, 0.05) is 11.5 Å². The van der Waals surface area contributed by atoms with Gasteiger partial charge >= 0.3 is 11.9 Å². The number of aliphatic carboxylic acids is 1. The number of rotatable bonds is 2. The molecule has 212 valence electrons. The number of carboxylic acid groups (broad SMARTS) is 1. The van der Waals surface area contributed by atoms with Gasteiger partial charge in [0.25, 0.3) is 0 Å². The maximum absolute atomic E-state index is 14.5. The van der Waals surface area contributed by atoms with Crippen molar-refractivity contribution in [2.24, 2.45) is 44.8 Å². The van der Waals surface area contributed by atoms with Crippen LogP contribution >= 0.6 is 0 Å². The van der Waals surface area contributed by atoms with Gasteiger partial charge in [-0.05, 0) is 97.9 Å². The van der Waals surface area contributed by atoms with Crippen molar-refractivity contribution in [1.82, 2.24) is 5.16 Å². The molecule has 7 nitrogen and oxygen atoms in total. The Morgan fingerprint density at radius 3 is 2.41 bits per heavy atom. The van der Waals surface area contributed by atoms with Crippen molar-refractivity contribution in [1.29, 1.82) is 0 Å². The Labute approximate surface area is 231 Å². The molecule has 0 spiro atoms. The number of fused-ring (bicyclic) bond motifs is 8. The quantitative estimate of drug-likeness (QED) is 0.468. The standard InChI is InChI=1S/C32H43NO6/c1-27(2)10-12-32(26(37)38-7)13-11-30(5)23(19(32)16-27)20(34)14-22-28(3)15-18-17-33-39-24(18)31(6,25(35)36)21(28)8-9-29(22,30)4/h14,17,19,21,23H,8-13,15-16H2,1-7H3,(H,35,36)/t19-,21+,23-,28-,29+,30+,31-,32-/m0/s1. The second-order valence-electron chi connectivity index (χ2n) is 15.2. The molecule has 1 aromatic heterocycles. The predicted octanol–water partition coefficient (Wildman–Crippen LogP) is 5.91. The maximum Gasteiger partial charge on any atom is 0.317 e. The van der Waals surface area contributed by atoms with Crippen molar-refractivity contribution >= 4 is 17.7 Å². The predicted molar refractivity (Wildman–Crippen MR) is 144 cm³/mol. The maximum atomic E-state index is 14.5. The molecule has 0 saturated heterocycles. The van der Waals surface area contributed by atoms with Crippen LogP contribution in [0.25, 0.3) is 0 Å². The molecule has 5 aliphatic rings. The number of esters is 1. The molecule has 0 aromatic carbocycles. The number of ether oxygens (including phenoxy) is 1. The van der Waals surface area contributed by atoms with Crippen LogP contribution in [0.1, 0.15) is 97.8 Å². The normalized spacial score (nSPS) is 46.0. The summed E-state index contributed by atoms with van der Waals surface area (Å²) in [5.41, 5.74) is -1.03. The number of allylic oxidation sites excluding steroid dienone is 2. The molecule has 1 N–H and O–H groups in total. The number of carbonyl (C=O) groups is 3. The van der Waals surface area contributed by atoms with E-state index in [9.17, 15) is 19.5 Å². The highest BCUT2D eigenvalue weighted by Gasteiger charge is 2.72. The summed E-state index contributed by atoms with van der Waals surface area (Å²) in [6.45, 7) is 13.1. The van der Waals surface area contributed by atoms with Gasteiger partial charge in [0.2, 0.25) is 0 Å². The van der Waals surface area contributed by atoms with E-state index in [0.29, 0.717) is 12.2 Å². The number of carbonyl (C=O) groups excluding carboxylic acids is 2. The Hall–Kier alpha value is -2.44. The van der Waals surface area contributed by atoms with Gasteiger partial charge in [0.05, 0.1) is 18.7 Å². The Bertz CT molecular complexity index is 1310. The lowest BCUT2D eigenvalue weighted by Crippen LogP contribution is -2.66. The van der Waals surface area contributed by atoms with E-state index in [4.69, 9.17) is 9.26 Å². The number of carboxylic acids is 1. The molecule has 1 heterocycles. The van der Waals surface area contributed by atoms with Gasteiger partial charge in [-0.25, -0.2) is 0 Å². The molecule has 3 saturated carbocycles. The van der Waals surface area contributed by atoms with Crippen molar-refractivity contribution in [3.63, 3.8) is 0 Å². The SMILES string of the molecule is COC(=O)[C@]12CCC(C)(C)C[C@H]1[C@H]1C(=O)C=C3[C@@]4(C)Cc5cnoc5[C@@](C)(C(=O)O)[C@@H]4CC[C@@]3(C)[C@]1(C)CC2. The van der Waals surface area contributed by atoms with E-state index in [1.807, 2.05) is 6.08 Å². The zero-order valence-electron chi connectivity index (χ0n) is 24.5. The molecule has 5 aliphatic carbocycles. The number of hydrogen-bond acceptors (Lipinski definition) is 6. The lowest BCUT2D eigenvalue weighted by molar-refractivity contribution is -0.192. The average molecular weight is 538 g/mol. The lowest BCUT2D eigenvalue weighted by Gasteiger charge is -2.69. The fourth-order valence-corrected chi connectivity index (χ4v) is 10.8. The van der Waals surface area contributed by atoms with Crippen LogP contribution in [-0.2, 0) is 31.0 Å². The molecule has 0 aliphatic heterocycles. The van der Waals surface area contributed by atoms with Crippen molar-refractivity contribution in [2.45, 2.75) is 98.3 Å². The highest BCUT2D eigenvalue weighted by molar-refractivity contribution is 5.96. The first-order valence-electron chi connectivity index (χ1n) is 14.6. The van der Waals surface area contributed by atoms with Crippen LogP contribution in [0.5, 0.6) is 0 Å². The summed E-state index contributed by atoms with van der Waals surface area (Å²) in [7, 11) is 1.48. The van der Waals surface area contributed by atoms with Crippen LogP contribution in [0.2, 0.25) is 0 Å². The van der Waals surface area contributed by atoms with Gasteiger partial charge in [0.1, 0.15) is 5.41 Å². The summed E-state index contributed by atoms with van der Waals surface area (Å²) < 4.78 is 11.0. The van der Waals surface area contributed by atoms with Gasteiger partial charge in [-0.1, -0.05) is 45.3 Å². The molecule has 3 fully saturated rings. The van der Waals surface area contributed by atoms with Crippen LogP contribution < -0.4 is 0 Å². The van der Waals surface area contributed by atoms with Gasteiger partial charge in [-0.3, -0.25) is 14.4 Å². The summed E-state index contributed by atoms with van der Waals surface area (Å²) in [5, 5.41) is 14.5. The van der Waals surface area contributed by atoms with Crippen molar-refractivity contribution in [2.75, 3.05) is 7.11 Å². The Kier molecular flexibility index (Phi) is 5.39. The minimum atomic E-state index is -1.22. The molecule has 6 rings (SSSR count). The molecule has 0 unspecified atom stereocenters. The number of ketones is 1. The monoisotopic (exact) mass is 537 g/mol. The summed E-state index contributed by atoms with van der Waals surface area (Å²) in [6.07, 6.45) is 9.73. The highest BCUT2D eigenvalue weighted by atomic mass is 16.5. The fraction of sp³-hybridized carbons (Fsp3) is 0.750. The van der Waals surface area contributed by atoms with E-state index in [2.05, 4.69) is 39.8 Å². The number of methoxy groups -OCH3 is 1. The summed E-state index contributed by atoms with van der Waals surface area (Å²) in [6, 6.07) is 0. The third-order valence-corrected chi connectivity index (χ3v) is 13.1. The van der Waals surface area contributed by atoms with E-state index in [1.165, 1.54) is 7.11 Å². The minimum absolute atomic E-state index is 0.0482. The van der Waals surface area contributed by atoms with E-state index < -0.39 is 22.2 Å². The third kappa shape index (κ3) is 3.05. The molecule has 0 bridgehead atoms. The largest absolute Gasteiger partial charge is 0.480 e. The molecule has 0 radical (unpaired) electrons. The number of nitrogens with zero attached hydrogens (tertiary/aromatic N) is 1. The Morgan fingerprint density at radius 2 is 1.74 bits per heavy atom. The second-order valence-corrected chi connectivity index (χ2v) is 15.2. The first kappa shape index (κ1) is 26.8. The zero-order valence-corrected chi connectivity index (χ0v) is 24.5.